The average molecular weight is 774 g/mol. The molecule has 3 fully saturated rings. The topological polar surface area (TPSA) is 253 Å². The third kappa shape index (κ3) is 12.9. The van der Waals surface area contributed by atoms with Gasteiger partial charge in [-0.1, -0.05) is 0 Å². The molecule has 54 heavy (non-hydrogen) atoms. The number of amides is 3. The molecule has 0 spiro atoms. The minimum atomic E-state index is -1.56. The number of rotatable bonds is 13. The highest BCUT2D eigenvalue weighted by atomic mass is 16.7. The van der Waals surface area contributed by atoms with E-state index in [1.807, 2.05) is 6.08 Å². The number of nitrogens with zero attached hydrogens (tertiary/aromatic N) is 1. The summed E-state index contributed by atoms with van der Waals surface area (Å²) in [5.74, 6) is -0.756. The van der Waals surface area contributed by atoms with E-state index >= 15 is 0 Å². The molecule has 18 nitrogen and oxygen atoms in total. The van der Waals surface area contributed by atoms with Crippen LogP contribution in [-0.2, 0) is 33.2 Å². The van der Waals surface area contributed by atoms with Gasteiger partial charge in [-0.05, 0) is 86.9 Å². The lowest BCUT2D eigenvalue weighted by molar-refractivity contribution is -0.297. The second-order valence-corrected chi connectivity index (χ2v) is 16.9. The van der Waals surface area contributed by atoms with Crippen molar-refractivity contribution in [2.45, 2.75) is 153 Å². The second-order valence-electron chi connectivity index (χ2n) is 16.9. The lowest BCUT2D eigenvalue weighted by Crippen LogP contribution is -2.68. The molecular formula is C36H63N5O13. The van der Waals surface area contributed by atoms with Gasteiger partial charge in [-0.15, -0.1) is 0 Å². The fourth-order valence-corrected chi connectivity index (χ4v) is 6.71. The summed E-state index contributed by atoms with van der Waals surface area (Å²) in [6.07, 6.45) is -6.73. The van der Waals surface area contributed by atoms with Crippen molar-refractivity contribution in [1.29, 1.82) is 0 Å². The summed E-state index contributed by atoms with van der Waals surface area (Å²) in [5.41, 5.74) is 2.71. The van der Waals surface area contributed by atoms with Crippen LogP contribution in [0.1, 0.15) is 80.6 Å². The van der Waals surface area contributed by atoms with Crippen LogP contribution in [-0.4, -0.2) is 155 Å². The monoisotopic (exact) mass is 773 g/mol. The van der Waals surface area contributed by atoms with Gasteiger partial charge in [-0.25, -0.2) is 9.59 Å². The fraction of sp³-hybridized carbons (Fsp3) is 0.861. The second kappa shape index (κ2) is 18.4. The number of alkyl carbamates (subject to hydrolysis) is 1. The number of aliphatic hydroxyl groups is 4. The number of allylic oxidation sites excluding steroid dienone is 1. The highest BCUT2D eigenvalue weighted by Crippen LogP contribution is 2.33. The van der Waals surface area contributed by atoms with E-state index in [2.05, 4.69) is 16.0 Å². The maximum absolute atomic E-state index is 13.6. The van der Waals surface area contributed by atoms with Crippen LogP contribution in [0, 0.1) is 5.92 Å². The summed E-state index contributed by atoms with van der Waals surface area (Å²) in [7, 11) is 0. The third-order valence-corrected chi connectivity index (χ3v) is 9.32. The molecule has 1 saturated carbocycles. The highest BCUT2D eigenvalue weighted by molar-refractivity contribution is 5.82. The Balaban J connectivity index is 1.55. The normalized spacial score (nSPS) is 32.7. The Morgan fingerprint density at radius 3 is 2.31 bits per heavy atom. The van der Waals surface area contributed by atoms with Crippen molar-refractivity contribution in [1.82, 2.24) is 20.9 Å². The molecule has 0 aromatic rings. The minimum Gasteiger partial charge on any atom is -0.468 e. The SMILES string of the molecule is CC(C)(C)OC(=O)N[C@H]1C[C@@H](NC(=O)C(O)C2CN(C(=O)OC(C)(C)C)C2)[C@H](O[C@H]2OC[C@](C)(O)C[C@H]2O)[C@@H](O)[C@@H]1O[C@@H]1CCC=C(CNCCCN)O1. The Bertz CT molecular complexity index is 1300. The molecule has 0 aromatic heterocycles. The predicted molar refractivity (Wildman–Crippen MR) is 192 cm³/mol. The Morgan fingerprint density at radius 1 is 1.04 bits per heavy atom. The summed E-state index contributed by atoms with van der Waals surface area (Å²) in [6.45, 7) is 13.5. The van der Waals surface area contributed by atoms with Crippen LogP contribution in [0.2, 0.25) is 0 Å². The first-order valence-corrected chi connectivity index (χ1v) is 18.9. The van der Waals surface area contributed by atoms with Crippen LogP contribution in [0.3, 0.4) is 0 Å². The van der Waals surface area contributed by atoms with E-state index < -0.39 is 96.0 Å². The Morgan fingerprint density at radius 2 is 1.69 bits per heavy atom. The maximum Gasteiger partial charge on any atom is 0.410 e. The highest BCUT2D eigenvalue weighted by Gasteiger charge is 2.51. The number of nitrogens with one attached hydrogen (secondary N) is 3. The molecular weight excluding hydrogens is 710 g/mol. The standard InChI is InChI=1S/C36H63N5O13/c1-34(2,3)53-32(46)40-23-14-22(39-30(45)26(43)20-17-41(18-20)33(47)54-35(4,5)6)29(52-31-24(42)15-36(7,48)19-49-31)27(44)28(23)51-25-11-8-10-21(50-25)16-38-13-9-12-37/h10,20,22-29,31,38,42-44,48H,8-9,11-19,37H2,1-7H3,(H,39,45)(H,40,46)/t22-,23+,24-,25-,26?,27+,28-,29+,31-,36-/m1/s1. The van der Waals surface area contributed by atoms with E-state index in [-0.39, 0.29) is 32.5 Å². The van der Waals surface area contributed by atoms with Crippen molar-refractivity contribution in [3.63, 3.8) is 0 Å². The van der Waals surface area contributed by atoms with Crippen LogP contribution < -0.4 is 21.7 Å². The van der Waals surface area contributed by atoms with Crippen LogP contribution >= 0.6 is 0 Å². The molecule has 4 rings (SSSR count). The van der Waals surface area contributed by atoms with Gasteiger partial charge in [0, 0.05) is 31.8 Å². The number of carbonyl (C=O) groups is 3. The zero-order valence-electron chi connectivity index (χ0n) is 32.6. The number of likely N-dealkylation sites (tertiary alicyclic amines) is 1. The van der Waals surface area contributed by atoms with E-state index in [1.165, 1.54) is 11.8 Å². The molecule has 18 heteroatoms. The lowest BCUT2D eigenvalue weighted by atomic mass is 9.82. The number of hydrogen-bond donors (Lipinski definition) is 8. The Kier molecular flexibility index (Phi) is 15.0. The zero-order chi connectivity index (χ0) is 40.0. The van der Waals surface area contributed by atoms with E-state index in [0.717, 1.165) is 6.42 Å². The van der Waals surface area contributed by atoms with Crippen molar-refractivity contribution >= 4 is 18.1 Å². The Labute approximate surface area is 317 Å². The van der Waals surface area contributed by atoms with Gasteiger partial charge in [0.05, 0.1) is 30.8 Å². The van der Waals surface area contributed by atoms with E-state index in [4.69, 9.17) is 34.2 Å². The quantitative estimate of drug-likeness (QED) is 0.114. The minimum absolute atomic E-state index is 0.0740. The van der Waals surface area contributed by atoms with Gasteiger partial charge < -0.3 is 75.4 Å². The lowest BCUT2D eigenvalue weighted by Gasteiger charge is -2.48. The van der Waals surface area contributed by atoms with Gasteiger partial charge >= 0.3 is 12.2 Å². The maximum atomic E-state index is 13.6. The van der Waals surface area contributed by atoms with Crippen molar-refractivity contribution in [2.75, 3.05) is 39.3 Å². The van der Waals surface area contributed by atoms with Gasteiger partial charge in [0.2, 0.25) is 5.91 Å². The smallest absolute Gasteiger partial charge is 0.410 e. The summed E-state index contributed by atoms with van der Waals surface area (Å²) >= 11 is 0. The number of carbonyl (C=O) groups excluding carboxylic acids is 3. The van der Waals surface area contributed by atoms with E-state index in [1.54, 1.807) is 41.5 Å². The first-order chi connectivity index (χ1) is 25.1. The first kappa shape index (κ1) is 43.9. The predicted octanol–water partition coefficient (Wildman–Crippen LogP) is -0.0556. The van der Waals surface area contributed by atoms with Gasteiger partial charge in [0.15, 0.2) is 12.6 Å². The number of nitrogens with two attached hydrogens (primary N) is 1. The molecule has 2 saturated heterocycles. The molecule has 1 aliphatic carbocycles. The van der Waals surface area contributed by atoms with Crippen LogP contribution in [0.5, 0.6) is 0 Å². The number of hydrogen-bond acceptors (Lipinski definition) is 15. The average Bonchev–Trinajstić information content (AvgIpc) is 3.01. The van der Waals surface area contributed by atoms with Gasteiger partial charge in [0.25, 0.3) is 0 Å². The summed E-state index contributed by atoms with van der Waals surface area (Å²) in [4.78, 5) is 40.6. The molecule has 3 heterocycles. The summed E-state index contributed by atoms with van der Waals surface area (Å²) in [6, 6.07) is -2.04. The van der Waals surface area contributed by atoms with Crippen molar-refractivity contribution < 1.29 is 63.2 Å². The molecule has 1 unspecified atom stereocenters. The van der Waals surface area contributed by atoms with Crippen LogP contribution in [0.4, 0.5) is 9.59 Å². The molecule has 10 atom stereocenters. The molecule has 4 aliphatic rings. The van der Waals surface area contributed by atoms with Crippen molar-refractivity contribution in [3.8, 4) is 0 Å². The van der Waals surface area contributed by atoms with Crippen LogP contribution in [0.25, 0.3) is 0 Å². The molecule has 310 valence electrons. The largest absolute Gasteiger partial charge is 0.468 e. The summed E-state index contributed by atoms with van der Waals surface area (Å²) < 4.78 is 35.3. The molecule has 3 amide bonds. The van der Waals surface area contributed by atoms with Gasteiger partial charge in [-0.3, -0.25) is 4.79 Å². The van der Waals surface area contributed by atoms with Crippen molar-refractivity contribution in [2.24, 2.45) is 11.7 Å². The number of aliphatic hydroxyl groups excluding tert-OH is 3. The van der Waals surface area contributed by atoms with Crippen molar-refractivity contribution in [3.05, 3.63) is 11.8 Å². The molecule has 0 aromatic carbocycles. The van der Waals surface area contributed by atoms with Gasteiger partial charge in [-0.2, -0.15) is 0 Å². The third-order valence-electron chi connectivity index (χ3n) is 9.32. The van der Waals surface area contributed by atoms with E-state index in [9.17, 15) is 34.8 Å². The Hall–Kier alpha value is -2.81. The molecule has 3 aliphatic heterocycles. The molecule has 9 N–H and O–H groups in total. The zero-order valence-corrected chi connectivity index (χ0v) is 32.6. The van der Waals surface area contributed by atoms with Gasteiger partial charge in [0.1, 0.15) is 47.5 Å². The first-order valence-electron chi connectivity index (χ1n) is 18.9. The fourth-order valence-electron chi connectivity index (χ4n) is 6.71. The molecule has 0 bridgehead atoms. The molecule has 0 radical (unpaired) electrons. The van der Waals surface area contributed by atoms with E-state index in [0.29, 0.717) is 38.2 Å². The van der Waals surface area contributed by atoms with Crippen LogP contribution in [0.15, 0.2) is 11.8 Å². The summed E-state index contributed by atoms with van der Waals surface area (Å²) in [5, 5.41) is 53.2. The number of ether oxygens (including phenoxy) is 6.